The zero-order chi connectivity index (χ0) is 13.7. The number of nitrogens with two attached hydrogens (primary N) is 1. The van der Waals surface area contributed by atoms with Crippen LogP contribution in [0.1, 0.15) is 13.3 Å². The molecule has 0 aliphatic heterocycles. The lowest BCUT2D eigenvalue weighted by atomic mass is 10.0. The first kappa shape index (κ1) is 14.6. The van der Waals surface area contributed by atoms with Crippen LogP contribution < -0.4 is 11.1 Å². The summed E-state index contributed by atoms with van der Waals surface area (Å²) in [5.41, 5.74) is 5.75. The molecule has 1 rings (SSSR count). The summed E-state index contributed by atoms with van der Waals surface area (Å²) in [5.74, 6) is -1.32. The Morgan fingerprint density at radius 2 is 2.06 bits per heavy atom. The fourth-order valence-electron chi connectivity index (χ4n) is 1.43. The number of nitrogens with zero attached hydrogens (tertiary/aromatic N) is 1. The number of carbonyl (C=O) groups excluding carboxylic acids is 1. The summed E-state index contributed by atoms with van der Waals surface area (Å²) in [6.07, 6.45) is 0.393. The van der Waals surface area contributed by atoms with Crippen molar-refractivity contribution in [3.05, 3.63) is 28.2 Å². The molecule has 0 aliphatic carbocycles. The van der Waals surface area contributed by atoms with Crippen LogP contribution in [0.15, 0.2) is 23.4 Å². The van der Waals surface area contributed by atoms with Gasteiger partial charge in [0.05, 0.1) is 21.7 Å². The molecule has 0 bridgehead atoms. The van der Waals surface area contributed by atoms with Gasteiger partial charge >= 0.3 is 0 Å². The fraction of sp³-hybridized carbons (Fsp3) is 0.273. The van der Waals surface area contributed by atoms with Crippen LogP contribution in [-0.2, 0) is 4.79 Å². The molecule has 1 atom stereocenters. The van der Waals surface area contributed by atoms with Crippen LogP contribution in [0.3, 0.4) is 0 Å². The van der Waals surface area contributed by atoms with Crippen LogP contribution in [0.4, 0.5) is 5.69 Å². The minimum atomic E-state index is -0.734. The molecule has 0 saturated heterocycles. The van der Waals surface area contributed by atoms with Crippen molar-refractivity contribution in [1.29, 1.82) is 0 Å². The zero-order valence-electron chi connectivity index (χ0n) is 9.65. The summed E-state index contributed by atoms with van der Waals surface area (Å²) in [5, 5.41) is 14.6. The van der Waals surface area contributed by atoms with Gasteiger partial charge in [-0.25, -0.2) is 0 Å². The molecule has 18 heavy (non-hydrogen) atoms. The number of para-hydroxylation sites is 1. The molecule has 4 N–H and O–H groups in total. The van der Waals surface area contributed by atoms with Crippen LogP contribution in [0, 0.1) is 5.92 Å². The first-order valence-electron chi connectivity index (χ1n) is 5.23. The maximum Gasteiger partial charge on any atom is 0.235 e. The van der Waals surface area contributed by atoms with Crippen molar-refractivity contribution in [1.82, 2.24) is 0 Å². The number of halogens is 2. The smallest absolute Gasteiger partial charge is 0.235 e. The quantitative estimate of drug-likeness (QED) is 0.345. The van der Waals surface area contributed by atoms with E-state index in [0.29, 0.717) is 22.2 Å². The number of hydrogen-bond acceptors (Lipinski definition) is 3. The Bertz CT molecular complexity index is 457. The van der Waals surface area contributed by atoms with Gasteiger partial charge in [-0.15, -0.1) is 0 Å². The molecule has 7 heteroatoms. The lowest BCUT2D eigenvalue weighted by molar-refractivity contribution is -0.118. The third-order valence-corrected chi connectivity index (χ3v) is 3.04. The van der Waals surface area contributed by atoms with Crippen molar-refractivity contribution >= 4 is 40.6 Å². The fourth-order valence-corrected chi connectivity index (χ4v) is 1.92. The second kappa shape index (κ2) is 6.47. The summed E-state index contributed by atoms with van der Waals surface area (Å²) in [6, 6.07) is 4.88. The number of hydrogen-bond donors (Lipinski definition) is 3. The van der Waals surface area contributed by atoms with Crippen LogP contribution in [0.25, 0.3) is 0 Å². The van der Waals surface area contributed by atoms with E-state index in [0.717, 1.165) is 0 Å². The summed E-state index contributed by atoms with van der Waals surface area (Å²) in [4.78, 5) is 11.9. The molecule has 1 unspecified atom stereocenters. The van der Waals surface area contributed by atoms with Crippen LogP contribution in [0.5, 0.6) is 0 Å². The molecule has 0 aromatic heterocycles. The minimum Gasteiger partial charge on any atom is -0.409 e. The van der Waals surface area contributed by atoms with E-state index in [4.69, 9.17) is 34.1 Å². The first-order valence-corrected chi connectivity index (χ1v) is 5.99. The van der Waals surface area contributed by atoms with E-state index < -0.39 is 11.8 Å². The molecule has 0 heterocycles. The maximum absolute atomic E-state index is 11.9. The highest BCUT2D eigenvalue weighted by Crippen LogP contribution is 2.30. The van der Waals surface area contributed by atoms with Crippen molar-refractivity contribution in [3.8, 4) is 0 Å². The van der Waals surface area contributed by atoms with Crippen LogP contribution in [0.2, 0.25) is 10.0 Å². The highest BCUT2D eigenvalue weighted by molar-refractivity contribution is 6.39. The molecule has 0 aliphatic rings. The van der Waals surface area contributed by atoms with E-state index in [-0.39, 0.29) is 5.84 Å². The van der Waals surface area contributed by atoms with Crippen molar-refractivity contribution in [2.24, 2.45) is 16.8 Å². The Hall–Kier alpha value is -1.46. The molecule has 98 valence electrons. The van der Waals surface area contributed by atoms with Gasteiger partial charge in [0.15, 0.2) is 5.84 Å². The first-order chi connectivity index (χ1) is 8.51. The van der Waals surface area contributed by atoms with E-state index in [1.807, 2.05) is 0 Å². The second-order valence-corrected chi connectivity index (χ2v) is 4.39. The van der Waals surface area contributed by atoms with Gasteiger partial charge in [0.1, 0.15) is 0 Å². The Labute approximate surface area is 115 Å². The summed E-state index contributed by atoms with van der Waals surface area (Å²) in [6.45, 7) is 1.75. The van der Waals surface area contributed by atoms with Crippen LogP contribution >= 0.6 is 23.2 Å². The predicted molar refractivity (Wildman–Crippen MR) is 72.3 cm³/mol. The van der Waals surface area contributed by atoms with E-state index >= 15 is 0 Å². The Balaban J connectivity index is 2.94. The van der Waals surface area contributed by atoms with Gasteiger partial charge in [0, 0.05) is 0 Å². The summed E-state index contributed by atoms with van der Waals surface area (Å²) < 4.78 is 0. The molecule has 1 aromatic rings. The number of rotatable bonds is 4. The number of amidine groups is 1. The van der Waals surface area contributed by atoms with E-state index in [9.17, 15) is 4.79 Å². The van der Waals surface area contributed by atoms with Gasteiger partial charge in [-0.3, -0.25) is 4.79 Å². The second-order valence-electron chi connectivity index (χ2n) is 3.57. The average Bonchev–Trinajstić information content (AvgIpc) is 2.34. The Morgan fingerprint density at radius 1 is 1.50 bits per heavy atom. The van der Waals surface area contributed by atoms with Gasteiger partial charge < -0.3 is 16.3 Å². The largest absolute Gasteiger partial charge is 0.409 e. The third kappa shape index (κ3) is 3.27. The molecular formula is C11H13Cl2N3O2. The molecule has 0 fully saturated rings. The number of nitrogens with one attached hydrogen (secondary N) is 1. The van der Waals surface area contributed by atoms with E-state index in [1.165, 1.54) is 0 Å². The Kier molecular flexibility index (Phi) is 5.25. The topological polar surface area (TPSA) is 87.7 Å². The maximum atomic E-state index is 11.9. The van der Waals surface area contributed by atoms with Crippen molar-refractivity contribution in [3.63, 3.8) is 0 Å². The number of oxime groups is 1. The number of carbonyl (C=O) groups is 1. The molecule has 1 aromatic carbocycles. The monoisotopic (exact) mass is 289 g/mol. The lowest BCUT2D eigenvalue weighted by Gasteiger charge is -2.15. The van der Waals surface area contributed by atoms with Crippen LogP contribution in [-0.4, -0.2) is 17.0 Å². The normalized spacial score (nSPS) is 13.2. The number of amides is 1. The molecule has 0 saturated carbocycles. The van der Waals surface area contributed by atoms with Gasteiger partial charge in [-0.05, 0) is 18.6 Å². The standard InChI is InChI=1S/C11H13Cl2N3O2/c1-2-6(10(14)16-18)11(17)15-9-7(12)4-3-5-8(9)13/h3-6,18H,2H2,1H3,(H2,14,16)(H,15,17). The summed E-state index contributed by atoms with van der Waals surface area (Å²) >= 11 is 11.8. The van der Waals surface area contributed by atoms with E-state index in [2.05, 4.69) is 10.5 Å². The van der Waals surface area contributed by atoms with Crippen molar-refractivity contribution in [2.75, 3.05) is 5.32 Å². The Morgan fingerprint density at radius 3 is 2.50 bits per heavy atom. The van der Waals surface area contributed by atoms with Gasteiger partial charge in [-0.1, -0.05) is 41.3 Å². The van der Waals surface area contributed by atoms with Crippen molar-refractivity contribution < 1.29 is 10.0 Å². The van der Waals surface area contributed by atoms with Gasteiger partial charge in [0.25, 0.3) is 0 Å². The number of benzene rings is 1. The SMILES string of the molecule is CCC(C(=O)Nc1c(Cl)cccc1Cl)C(N)=NO. The predicted octanol–water partition coefficient (Wildman–Crippen LogP) is 2.70. The highest BCUT2D eigenvalue weighted by atomic mass is 35.5. The van der Waals surface area contributed by atoms with Gasteiger partial charge in [0.2, 0.25) is 5.91 Å². The molecule has 0 radical (unpaired) electrons. The third-order valence-electron chi connectivity index (χ3n) is 2.41. The molecular weight excluding hydrogens is 277 g/mol. The lowest BCUT2D eigenvalue weighted by Crippen LogP contribution is -2.34. The highest BCUT2D eigenvalue weighted by Gasteiger charge is 2.22. The molecule has 1 amide bonds. The molecule has 0 spiro atoms. The zero-order valence-corrected chi connectivity index (χ0v) is 11.2. The molecule has 5 nitrogen and oxygen atoms in total. The number of anilines is 1. The minimum absolute atomic E-state index is 0.154. The summed E-state index contributed by atoms with van der Waals surface area (Å²) in [7, 11) is 0. The van der Waals surface area contributed by atoms with Crippen molar-refractivity contribution in [2.45, 2.75) is 13.3 Å². The van der Waals surface area contributed by atoms with Gasteiger partial charge in [-0.2, -0.15) is 0 Å². The average molecular weight is 290 g/mol. The van der Waals surface area contributed by atoms with E-state index in [1.54, 1.807) is 25.1 Å².